The fourth-order valence-electron chi connectivity index (χ4n) is 2.29. The summed E-state index contributed by atoms with van der Waals surface area (Å²) in [4.78, 5) is 4.35. The maximum absolute atomic E-state index is 4.35. The zero-order chi connectivity index (χ0) is 15.5. The number of nitrogens with zero attached hydrogens (tertiary/aromatic N) is 2. The Labute approximate surface area is 128 Å². The summed E-state index contributed by atoms with van der Waals surface area (Å²) in [5.41, 5.74) is 5.25. The van der Waals surface area contributed by atoms with Crippen LogP contribution in [0.4, 0.5) is 0 Å². The van der Waals surface area contributed by atoms with E-state index < -0.39 is 0 Å². The van der Waals surface area contributed by atoms with Crippen molar-refractivity contribution in [2.45, 2.75) is 53.1 Å². The molecular weight excluding hydrogens is 258 g/mol. The Morgan fingerprint density at radius 2 is 1.67 bits per heavy atom. The van der Waals surface area contributed by atoms with E-state index in [4.69, 9.17) is 0 Å². The highest BCUT2D eigenvalue weighted by molar-refractivity contribution is 5.24. The Kier molecular flexibility index (Phi) is 4.84. The van der Waals surface area contributed by atoms with Crippen LogP contribution in [0.25, 0.3) is 0 Å². The molecule has 0 unspecified atom stereocenters. The maximum atomic E-state index is 4.35. The van der Waals surface area contributed by atoms with Crippen molar-refractivity contribution < 1.29 is 0 Å². The third-order valence-electron chi connectivity index (χ3n) is 3.79. The van der Waals surface area contributed by atoms with Crippen LogP contribution >= 0.6 is 0 Å². The molecular formula is C18H27N3. The molecule has 0 aliphatic carbocycles. The standard InChI is InChI=1S/C18H27N3/c1-14-15(2)21(13-19-14)12-17-8-6-16(7-9-17)10-11-20-18(3,4)5/h6-9,13,20H,10-12H2,1-5H3. The molecule has 1 heterocycles. The van der Waals surface area contributed by atoms with Gasteiger partial charge in [0, 0.05) is 17.8 Å². The second-order valence-corrected chi connectivity index (χ2v) is 6.79. The molecule has 0 saturated carbocycles. The smallest absolute Gasteiger partial charge is 0.0954 e. The van der Waals surface area contributed by atoms with Gasteiger partial charge < -0.3 is 9.88 Å². The van der Waals surface area contributed by atoms with E-state index >= 15 is 0 Å². The average molecular weight is 285 g/mol. The molecule has 0 bridgehead atoms. The second-order valence-electron chi connectivity index (χ2n) is 6.79. The van der Waals surface area contributed by atoms with Crippen LogP contribution in [0.2, 0.25) is 0 Å². The molecule has 114 valence electrons. The number of aromatic nitrogens is 2. The Bertz CT molecular complexity index is 574. The summed E-state index contributed by atoms with van der Waals surface area (Å²) in [5.74, 6) is 0. The van der Waals surface area contributed by atoms with Gasteiger partial charge in [-0.15, -0.1) is 0 Å². The number of imidazole rings is 1. The molecule has 0 fully saturated rings. The summed E-state index contributed by atoms with van der Waals surface area (Å²) in [5, 5.41) is 3.52. The van der Waals surface area contributed by atoms with Crippen LogP contribution in [0, 0.1) is 13.8 Å². The summed E-state index contributed by atoms with van der Waals surface area (Å²) >= 11 is 0. The highest BCUT2D eigenvalue weighted by Gasteiger charge is 2.07. The van der Waals surface area contributed by atoms with Crippen molar-refractivity contribution in [3.8, 4) is 0 Å². The average Bonchev–Trinajstić information content (AvgIpc) is 2.71. The predicted molar refractivity (Wildman–Crippen MR) is 88.7 cm³/mol. The highest BCUT2D eigenvalue weighted by Crippen LogP contribution is 2.11. The molecule has 1 aromatic heterocycles. The molecule has 0 saturated heterocycles. The van der Waals surface area contributed by atoms with Crippen molar-refractivity contribution in [3.63, 3.8) is 0 Å². The van der Waals surface area contributed by atoms with Gasteiger partial charge in [-0.25, -0.2) is 4.98 Å². The van der Waals surface area contributed by atoms with Crippen LogP contribution in [-0.2, 0) is 13.0 Å². The first-order chi connectivity index (χ1) is 9.85. The number of benzene rings is 1. The van der Waals surface area contributed by atoms with E-state index in [9.17, 15) is 0 Å². The van der Waals surface area contributed by atoms with E-state index in [-0.39, 0.29) is 5.54 Å². The van der Waals surface area contributed by atoms with E-state index in [0.29, 0.717) is 0 Å². The molecule has 3 nitrogen and oxygen atoms in total. The number of nitrogens with one attached hydrogen (secondary N) is 1. The topological polar surface area (TPSA) is 29.9 Å². The lowest BCUT2D eigenvalue weighted by Crippen LogP contribution is -2.37. The van der Waals surface area contributed by atoms with Crippen molar-refractivity contribution in [2.75, 3.05) is 6.54 Å². The molecule has 3 heteroatoms. The Morgan fingerprint density at radius 3 is 2.19 bits per heavy atom. The van der Waals surface area contributed by atoms with Gasteiger partial charge in [-0.1, -0.05) is 24.3 Å². The lowest BCUT2D eigenvalue weighted by molar-refractivity contribution is 0.429. The second kappa shape index (κ2) is 6.44. The van der Waals surface area contributed by atoms with Crippen LogP contribution < -0.4 is 5.32 Å². The van der Waals surface area contributed by atoms with E-state index in [1.54, 1.807) is 0 Å². The predicted octanol–water partition coefficient (Wildman–Crippen LogP) is 3.48. The number of rotatable bonds is 5. The number of aryl methyl sites for hydroxylation is 1. The summed E-state index contributed by atoms with van der Waals surface area (Å²) in [6.45, 7) is 12.7. The lowest BCUT2D eigenvalue weighted by atomic mass is 10.1. The third-order valence-corrected chi connectivity index (χ3v) is 3.79. The summed E-state index contributed by atoms with van der Waals surface area (Å²) in [6.07, 6.45) is 2.99. The van der Waals surface area contributed by atoms with Crippen molar-refractivity contribution >= 4 is 0 Å². The number of hydrogen-bond acceptors (Lipinski definition) is 2. The maximum Gasteiger partial charge on any atom is 0.0954 e. The lowest BCUT2D eigenvalue weighted by Gasteiger charge is -2.20. The van der Waals surface area contributed by atoms with Crippen LogP contribution in [0.15, 0.2) is 30.6 Å². The minimum atomic E-state index is 0.191. The first kappa shape index (κ1) is 15.8. The normalized spacial score (nSPS) is 11.9. The zero-order valence-electron chi connectivity index (χ0n) is 13.9. The van der Waals surface area contributed by atoms with Gasteiger partial charge in [-0.2, -0.15) is 0 Å². The largest absolute Gasteiger partial charge is 0.330 e. The van der Waals surface area contributed by atoms with E-state index in [2.05, 4.69) is 73.8 Å². The molecule has 0 radical (unpaired) electrons. The molecule has 2 aromatic rings. The van der Waals surface area contributed by atoms with Gasteiger partial charge >= 0.3 is 0 Å². The van der Waals surface area contributed by atoms with Gasteiger partial charge in [-0.3, -0.25) is 0 Å². The van der Waals surface area contributed by atoms with E-state index in [1.807, 2.05) is 6.33 Å². The minimum absolute atomic E-state index is 0.191. The summed E-state index contributed by atoms with van der Waals surface area (Å²) in [7, 11) is 0. The molecule has 21 heavy (non-hydrogen) atoms. The first-order valence-corrected chi connectivity index (χ1v) is 7.66. The van der Waals surface area contributed by atoms with Gasteiger partial charge in [0.2, 0.25) is 0 Å². The van der Waals surface area contributed by atoms with Crippen LogP contribution in [-0.4, -0.2) is 21.6 Å². The van der Waals surface area contributed by atoms with E-state index in [1.165, 1.54) is 16.8 Å². The van der Waals surface area contributed by atoms with Gasteiger partial charge in [-0.05, 0) is 58.7 Å². The fraction of sp³-hybridized carbons (Fsp3) is 0.500. The minimum Gasteiger partial charge on any atom is -0.330 e. The van der Waals surface area contributed by atoms with Gasteiger partial charge in [0.15, 0.2) is 0 Å². The van der Waals surface area contributed by atoms with Crippen molar-refractivity contribution in [1.29, 1.82) is 0 Å². The monoisotopic (exact) mass is 285 g/mol. The molecule has 0 atom stereocenters. The highest BCUT2D eigenvalue weighted by atomic mass is 15.0. The molecule has 1 aromatic carbocycles. The van der Waals surface area contributed by atoms with Crippen LogP contribution in [0.1, 0.15) is 43.3 Å². The van der Waals surface area contributed by atoms with Crippen LogP contribution in [0.3, 0.4) is 0 Å². The van der Waals surface area contributed by atoms with Gasteiger partial charge in [0.1, 0.15) is 0 Å². The molecule has 0 aliphatic heterocycles. The van der Waals surface area contributed by atoms with Crippen LogP contribution in [0.5, 0.6) is 0 Å². The summed E-state index contributed by atoms with van der Waals surface area (Å²) in [6, 6.07) is 8.92. The first-order valence-electron chi connectivity index (χ1n) is 7.66. The third kappa shape index (κ3) is 4.71. The zero-order valence-corrected chi connectivity index (χ0v) is 13.9. The molecule has 2 rings (SSSR count). The summed E-state index contributed by atoms with van der Waals surface area (Å²) < 4.78 is 2.20. The van der Waals surface area contributed by atoms with E-state index in [0.717, 1.165) is 25.2 Å². The van der Waals surface area contributed by atoms with Crippen molar-refractivity contribution in [3.05, 3.63) is 53.1 Å². The molecule has 0 amide bonds. The Hall–Kier alpha value is -1.61. The quantitative estimate of drug-likeness (QED) is 0.911. The van der Waals surface area contributed by atoms with Crippen molar-refractivity contribution in [1.82, 2.24) is 14.9 Å². The molecule has 0 aliphatic rings. The van der Waals surface area contributed by atoms with Gasteiger partial charge in [0.05, 0.1) is 12.0 Å². The SMILES string of the molecule is Cc1ncn(Cc2ccc(CCNC(C)(C)C)cc2)c1C. The molecule has 1 N–H and O–H groups in total. The van der Waals surface area contributed by atoms with Crippen molar-refractivity contribution in [2.24, 2.45) is 0 Å². The molecule has 0 spiro atoms. The Balaban J connectivity index is 1.91. The number of hydrogen-bond donors (Lipinski definition) is 1. The Morgan fingerprint density at radius 1 is 1.05 bits per heavy atom. The fourth-order valence-corrected chi connectivity index (χ4v) is 2.29. The van der Waals surface area contributed by atoms with Gasteiger partial charge in [0.25, 0.3) is 0 Å².